The summed E-state index contributed by atoms with van der Waals surface area (Å²) in [5, 5.41) is 15.9. The van der Waals surface area contributed by atoms with Gasteiger partial charge in [0.2, 0.25) is 0 Å². The van der Waals surface area contributed by atoms with Crippen LogP contribution >= 0.6 is 0 Å². The average molecular weight is 328 g/mol. The van der Waals surface area contributed by atoms with E-state index in [0.717, 1.165) is 0 Å². The van der Waals surface area contributed by atoms with Gasteiger partial charge >= 0.3 is 0 Å². The molecule has 0 bridgehead atoms. The standard InChI is InChI=1S/C16H16N4O4/c21-15(12-5-7-13(8-6-12)20(23)24)18-10-3-11-19-16(22)14-4-1-2-9-17-14/h1-2,4-9H,3,10-11H2,(H,18,21)(H,19,22). The molecule has 1 aromatic heterocycles. The molecule has 8 heteroatoms. The third-order valence-electron chi connectivity index (χ3n) is 3.16. The second-order valence-electron chi connectivity index (χ2n) is 4.88. The number of non-ortho nitro benzene ring substituents is 1. The molecule has 0 aliphatic carbocycles. The van der Waals surface area contributed by atoms with E-state index in [4.69, 9.17) is 0 Å². The minimum atomic E-state index is -0.522. The first-order valence-electron chi connectivity index (χ1n) is 7.30. The SMILES string of the molecule is O=C(NCCCNC(=O)c1ccccn1)c1ccc([N+](=O)[O-])cc1. The van der Waals surface area contributed by atoms with Crippen molar-refractivity contribution in [2.45, 2.75) is 6.42 Å². The Labute approximate surface area is 138 Å². The Hall–Kier alpha value is -3.29. The lowest BCUT2D eigenvalue weighted by Crippen LogP contribution is -2.30. The van der Waals surface area contributed by atoms with Gasteiger partial charge in [0.15, 0.2) is 0 Å². The fourth-order valence-electron chi connectivity index (χ4n) is 1.92. The van der Waals surface area contributed by atoms with E-state index in [1.54, 1.807) is 24.4 Å². The molecule has 2 amide bonds. The van der Waals surface area contributed by atoms with Crippen molar-refractivity contribution in [1.82, 2.24) is 15.6 Å². The second kappa shape index (κ2) is 8.37. The molecule has 0 saturated carbocycles. The number of hydrogen-bond acceptors (Lipinski definition) is 5. The lowest BCUT2D eigenvalue weighted by atomic mass is 10.2. The first-order chi connectivity index (χ1) is 11.6. The second-order valence-corrected chi connectivity index (χ2v) is 4.88. The number of hydrogen-bond donors (Lipinski definition) is 2. The smallest absolute Gasteiger partial charge is 0.269 e. The van der Waals surface area contributed by atoms with Crippen molar-refractivity contribution in [3.05, 3.63) is 70.0 Å². The molecule has 0 spiro atoms. The molecule has 24 heavy (non-hydrogen) atoms. The Kier molecular flexibility index (Phi) is 5.95. The highest BCUT2D eigenvalue weighted by Crippen LogP contribution is 2.11. The van der Waals surface area contributed by atoms with Crippen molar-refractivity contribution in [3.8, 4) is 0 Å². The van der Waals surface area contributed by atoms with Crippen LogP contribution in [0.15, 0.2) is 48.7 Å². The van der Waals surface area contributed by atoms with Gasteiger partial charge in [0.05, 0.1) is 4.92 Å². The van der Waals surface area contributed by atoms with Gasteiger partial charge in [-0.1, -0.05) is 6.07 Å². The fraction of sp³-hybridized carbons (Fsp3) is 0.188. The number of amides is 2. The minimum Gasteiger partial charge on any atom is -0.352 e. The predicted molar refractivity (Wildman–Crippen MR) is 86.6 cm³/mol. The minimum absolute atomic E-state index is 0.0659. The van der Waals surface area contributed by atoms with Crippen molar-refractivity contribution < 1.29 is 14.5 Å². The fourth-order valence-corrected chi connectivity index (χ4v) is 1.92. The van der Waals surface area contributed by atoms with Gasteiger partial charge in [-0.3, -0.25) is 24.7 Å². The van der Waals surface area contributed by atoms with E-state index >= 15 is 0 Å². The number of nitrogens with zero attached hydrogens (tertiary/aromatic N) is 2. The van der Waals surface area contributed by atoms with Crippen molar-refractivity contribution in [2.24, 2.45) is 0 Å². The molecule has 0 atom stereocenters. The van der Waals surface area contributed by atoms with Crippen LogP contribution in [-0.2, 0) is 0 Å². The molecule has 0 aliphatic heterocycles. The first-order valence-corrected chi connectivity index (χ1v) is 7.30. The van der Waals surface area contributed by atoms with Crippen LogP contribution in [0.25, 0.3) is 0 Å². The quantitative estimate of drug-likeness (QED) is 0.454. The zero-order chi connectivity index (χ0) is 17.4. The molecule has 0 aliphatic rings. The van der Waals surface area contributed by atoms with Gasteiger partial charge in [0, 0.05) is 37.0 Å². The molecule has 0 radical (unpaired) electrons. The van der Waals surface area contributed by atoms with Gasteiger partial charge in [0.25, 0.3) is 17.5 Å². The third kappa shape index (κ3) is 4.87. The molecule has 8 nitrogen and oxygen atoms in total. The molecule has 2 rings (SSSR count). The third-order valence-corrected chi connectivity index (χ3v) is 3.16. The number of carbonyl (C=O) groups is 2. The Morgan fingerprint density at radius 3 is 2.25 bits per heavy atom. The number of aromatic nitrogens is 1. The van der Waals surface area contributed by atoms with Gasteiger partial charge in [-0.2, -0.15) is 0 Å². The topological polar surface area (TPSA) is 114 Å². The molecular formula is C16H16N4O4. The lowest BCUT2D eigenvalue weighted by Gasteiger charge is -2.06. The summed E-state index contributed by atoms with van der Waals surface area (Å²) < 4.78 is 0. The number of rotatable bonds is 7. The van der Waals surface area contributed by atoms with Crippen molar-refractivity contribution >= 4 is 17.5 Å². The van der Waals surface area contributed by atoms with Gasteiger partial charge in [0.1, 0.15) is 5.69 Å². The Morgan fingerprint density at radius 2 is 1.67 bits per heavy atom. The van der Waals surface area contributed by atoms with Gasteiger partial charge in [-0.05, 0) is 30.7 Å². The number of nitro benzene ring substituents is 1. The summed E-state index contributed by atoms with van der Waals surface area (Å²) >= 11 is 0. The Bertz CT molecular complexity index is 717. The largest absolute Gasteiger partial charge is 0.352 e. The van der Waals surface area contributed by atoms with E-state index in [0.29, 0.717) is 30.8 Å². The molecule has 1 heterocycles. The van der Waals surface area contributed by atoms with E-state index in [-0.39, 0.29) is 17.5 Å². The summed E-state index contributed by atoms with van der Waals surface area (Å²) in [6.07, 6.45) is 2.09. The maximum Gasteiger partial charge on any atom is 0.269 e. The van der Waals surface area contributed by atoms with Crippen LogP contribution in [0, 0.1) is 10.1 Å². The van der Waals surface area contributed by atoms with Crippen molar-refractivity contribution in [2.75, 3.05) is 13.1 Å². The summed E-state index contributed by atoms with van der Waals surface area (Å²) in [6.45, 7) is 0.772. The summed E-state index contributed by atoms with van der Waals surface area (Å²) in [5.41, 5.74) is 0.620. The average Bonchev–Trinajstić information content (AvgIpc) is 2.62. The predicted octanol–water partition coefficient (Wildman–Crippen LogP) is 1.54. The molecule has 0 saturated heterocycles. The van der Waals surface area contributed by atoms with Crippen LogP contribution in [0.5, 0.6) is 0 Å². The number of pyridine rings is 1. The van der Waals surface area contributed by atoms with E-state index in [9.17, 15) is 19.7 Å². The normalized spacial score (nSPS) is 10.0. The van der Waals surface area contributed by atoms with Crippen molar-refractivity contribution in [3.63, 3.8) is 0 Å². The van der Waals surface area contributed by atoms with Crippen LogP contribution in [0.3, 0.4) is 0 Å². The van der Waals surface area contributed by atoms with Crippen LogP contribution < -0.4 is 10.6 Å². The monoisotopic (exact) mass is 328 g/mol. The summed E-state index contributed by atoms with van der Waals surface area (Å²) in [7, 11) is 0. The van der Waals surface area contributed by atoms with Crippen LogP contribution in [0.4, 0.5) is 5.69 Å². The molecule has 2 aromatic rings. The molecular weight excluding hydrogens is 312 g/mol. The molecule has 0 fully saturated rings. The molecule has 2 N–H and O–H groups in total. The maximum atomic E-state index is 11.9. The Balaban J connectivity index is 1.69. The zero-order valence-corrected chi connectivity index (χ0v) is 12.8. The lowest BCUT2D eigenvalue weighted by molar-refractivity contribution is -0.384. The highest BCUT2D eigenvalue weighted by Gasteiger charge is 2.09. The number of carbonyl (C=O) groups excluding carboxylic acids is 2. The summed E-state index contributed by atoms with van der Waals surface area (Å²) in [6, 6.07) is 10.4. The summed E-state index contributed by atoms with van der Waals surface area (Å²) in [5.74, 6) is -0.585. The number of benzene rings is 1. The van der Waals surface area contributed by atoms with Gasteiger partial charge in [-0.15, -0.1) is 0 Å². The summed E-state index contributed by atoms with van der Waals surface area (Å²) in [4.78, 5) is 37.6. The molecule has 124 valence electrons. The van der Waals surface area contributed by atoms with E-state index < -0.39 is 4.92 Å². The maximum absolute atomic E-state index is 11.9. The zero-order valence-electron chi connectivity index (χ0n) is 12.8. The highest BCUT2D eigenvalue weighted by atomic mass is 16.6. The van der Waals surface area contributed by atoms with Gasteiger partial charge < -0.3 is 10.6 Å². The van der Waals surface area contributed by atoms with Gasteiger partial charge in [-0.25, -0.2) is 0 Å². The highest BCUT2D eigenvalue weighted by molar-refractivity contribution is 5.94. The van der Waals surface area contributed by atoms with E-state index in [1.165, 1.54) is 24.3 Å². The van der Waals surface area contributed by atoms with Crippen LogP contribution in [-0.4, -0.2) is 34.8 Å². The van der Waals surface area contributed by atoms with Crippen LogP contribution in [0.1, 0.15) is 27.3 Å². The number of nitrogens with one attached hydrogen (secondary N) is 2. The van der Waals surface area contributed by atoms with Crippen LogP contribution in [0.2, 0.25) is 0 Å². The molecule has 0 unspecified atom stereocenters. The Morgan fingerprint density at radius 1 is 1.00 bits per heavy atom. The van der Waals surface area contributed by atoms with Crippen molar-refractivity contribution in [1.29, 1.82) is 0 Å². The number of nitro groups is 1. The van der Waals surface area contributed by atoms with E-state index in [1.807, 2.05) is 0 Å². The molecule has 1 aromatic carbocycles. The first kappa shape index (κ1) is 17.1. The van der Waals surface area contributed by atoms with E-state index in [2.05, 4.69) is 15.6 Å².